The van der Waals surface area contributed by atoms with Gasteiger partial charge < -0.3 is 14.9 Å². The van der Waals surface area contributed by atoms with Crippen molar-refractivity contribution in [1.29, 1.82) is 0 Å². The molecule has 3 atom stereocenters. The number of anilines is 2. The highest BCUT2D eigenvalue weighted by Gasteiger charge is 2.60. The van der Waals surface area contributed by atoms with Crippen LogP contribution in [-0.2, 0) is 9.84 Å². The number of nitrogens with zero attached hydrogens (tertiary/aromatic N) is 4. The van der Waals surface area contributed by atoms with Crippen molar-refractivity contribution in [3.63, 3.8) is 0 Å². The molecule has 4 rings (SSSR count). The number of aliphatic hydroxyl groups is 1. The second-order valence-electron chi connectivity index (χ2n) is 8.77. The summed E-state index contributed by atoms with van der Waals surface area (Å²) in [5, 5.41) is 9.68. The zero-order chi connectivity index (χ0) is 18.6. The molecule has 0 aromatic carbocycles. The molecule has 1 aromatic heterocycles. The first kappa shape index (κ1) is 18.0. The van der Waals surface area contributed by atoms with Crippen LogP contribution in [0.25, 0.3) is 0 Å². The Morgan fingerprint density at radius 3 is 2.46 bits per heavy atom. The topological polar surface area (TPSA) is 86.6 Å². The summed E-state index contributed by atoms with van der Waals surface area (Å²) in [6, 6.07) is 2.11. The van der Waals surface area contributed by atoms with E-state index in [1.807, 2.05) is 6.07 Å². The van der Waals surface area contributed by atoms with E-state index in [0.29, 0.717) is 13.1 Å². The van der Waals surface area contributed by atoms with Crippen LogP contribution in [0.3, 0.4) is 0 Å². The van der Waals surface area contributed by atoms with Crippen LogP contribution in [0.1, 0.15) is 33.1 Å². The number of hydrogen-bond donors (Lipinski definition) is 1. The van der Waals surface area contributed by atoms with Gasteiger partial charge in [-0.15, -0.1) is 0 Å². The predicted octanol–water partition coefficient (Wildman–Crippen LogP) is 1.09. The van der Waals surface area contributed by atoms with Crippen LogP contribution in [0, 0.1) is 10.8 Å². The molecule has 0 radical (unpaired) electrons. The van der Waals surface area contributed by atoms with Gasteiger partial charge in [0.1, 0.15) is 18.0 Å². The van der Waals surface area contributed by atoms with E-state index in [1.165, 1.54) is 0 Å². The molecule has 1 aromatic rings. The highest BCUT2D eigenvalue weighted by atomic mass is 32.2. The Balaban J connectivity index is 1.59. The van der Waals surface area contributed by atoms with E-state index in [2.05, 4.69) is 33.6 Å². The lowest BCUT2D eigenvalue weighted by Crippen LogP contribution is -2.42. The van der Waals surface area contributed by atoms with Gasteiger partial charge in [-0.1, -0.05) is 13.8 Å². The van der Waals surface area contributed by atoms with Crippen molar-refractivity contribution in [2.75, 3.05) is 47.5 Å². The molecule has 0 aliphatic carbocycles. The lowest BCUT2D eigenvalue weighted by molar-refractivity contribution is 0.212. The molecule has 0 saturated carbocycles. The van der Waals surface area contributed by atoms with Crippen molar-refractivity contribution >= 4 is 21.5 Å². The highest BCUT2D eigenvalue weighted by molar-refractivity contribution is 7.91. The van der Waals surface area contributed by atoms with E-state index in [0.717, 1.165) is 37.4 Å². The lowest BCUT2D eigenvalue weighted by atomic mass is 9.71. The van der Waals surface area contributed by atoms with Crippen molar-refractivity contribution in [3.8, 4) is 0 Å². The van der Waals surface area contributed by atoms with Crippen LogP contribution in [0.2, 0.25) is 0 Å². The number of piperidine rings is 1. The van der Waals surface area contributed by atoms with Gasteiger partial charge in [-0.2, -0.15) is 0 Å². The zero-order valence-corrected chi connectivity index (χ0v) is 16.4. The molecule has 3 aliphatic heterocycles. The molecule has 8 heteroatoms. The minimum atomic E-state index is -2.96. The van der Waals surface area contributed by atoms with Gasteiger partial charge in [0.05, 0.1) is 24.2 Å². The number of hydrogen-bond acceptors (Lipinski definition) is 7. The molecule has 26 heavy (non-hydrogen) atoms. The smallest absolute Gasteiger partial charge is 0.151 e. The third-order valence-corrected chi connectivity index (χ3v) is 8.86. The molecule has 1 N–H and O–H groups in total. The van der Waals surface area contributed by atoms with E-state index >= 15 is 0 Å². The number of sulfone groups is 1. The number of aromatic nitrogens is 2. The fraction of sp³-hybridized carbons (Fsp3) is 0.778. The maximum absolute atomic E-state index is 12.2. The van der Waals surface area contributed by atoms with Crippen LogP contribution in [-0.4, -0.2) is 67.3 Å². The number of fused-ring (bicyclic) bond motifs is 1. The zero-order valence-electron chi connectivity index (χ0n) is 15.6. The van der Waals surface area contributed by atoms with E-state index in [4.69, 9.17) is 0 Å². The average Bonchev–Trinajstić information content (AvgIpc) is 2.93. The van der Waals surface area contributed by atoms with Gasteiger partial charge in [0.15, 0.2) is 9.84 Å². The van der Waals surface area contributed by atoms with Crippen LogP contribution < -0.4 is 9.80 Å². The van der Waals surface area contributed by atoms with Crippen molar-refractivity contribution in [1.82, 2.24) is 9.97 Å². The van der Waals surface area contributed by atoms with Gasteiger partial charge >= 0.3 is 0 Å². The SMILES string of the molecule is C[C@@]12CN(c3cc(N4CCCCC4CO)ncn3)C[C@]1(C)CS(=O)(=O)C2. The Hall–Kier alpha value is -1.41. The molecule has 3 aliphatic rings. The summed E-state index contributed by atoms with van der Waals surface area (Å²) in [6.07, 6.45) is 4.81. The fourth-order valence-corrected chi connectivity index (χ4v) is 7.99. The highest BCUT2D eigenvalue weighted by Crippen LogP contribution is 2.53. The molecule has 7 nitrogen and oxygen atoms in total. The van der Waals surface area contributed by atoms with E-state index in [1.54, 1.807) is 6.33 Å². The van der Waals surface area contributed by atoms with Crippen molar-refractivity contribution in [2.45, 2.75) is 39.2 Å². The fourth-order valence-electron chi connectivity index (χ4n) is 5.06. The maximum Gasteiger partial charge on any atom is 0.151 e. The molecule has 144 valence electrons. The first-order valence-corrected chi connectivity index (χ1v) is 11.2. The Morgan fingerprint density at radius 1 is 1.15 bits per heavy atom. The van der Waals surface area contributed by atoms with Crippen LogP contribution >= 0.6 is 0 Å². The second-order valence-corrected chi connectivity index (χ2v) is 10.8. The molecule has 4 heterocycles. The van der Waals surface area contributed by atoms with Crippen LogP contribution in [0.5, 0.6) is 0 Å². The molecule has 1 unspecified atom stereocenters. The minimum Gasteiger partial charge on any atom is -0.394 e. The molecule has 3 saturated heterocycles. The van der Waals surface area contributed by atoms with Crippen LogP contribution in [0.15, 0.2) is 12.4 Å². The Morgan fingerprint density at radius 2 is 1.81 bits per heavy atom. The first-order chi connectivity index (χ1) is 12.3. The van der Waals surface area contributed by atoms with Crippen molar-refractivity contribution in [2.24, 2.45) is 10.8 Å². The van der Waals surface area contributed by atoms with Gasteiger partial charge in [0, 0.05) is 36.5 Å². The number of aliphatic hydroxyl groups excluding tert-OH is 1. The Kier molecular flexibility index (Phi) is 4.19. The summed E-state index contributed by atoms with van der Waals surface area (Å²) in [7, 11) is -2.96. The van der Waals surface area contributed by atoms with Gasteiger partial charge in [0.25, 0.3) is 0 Å². The van der Waals surface area contributed by atoms with Gasteiger partial charge in [-0.3, -0.25) is 0 Å². The van der Waals surface area contributed by atoms with Gasteiger partial charge in [-0.25, -0.2) is 18.4 Å². The van der Waals surface area contributed by atoms with E-state index in [9.17, 15) is 13.5 Å². The standard InChI is InChI=1S/C18H28N4O3S/c1-17-9-21(10-18(17,2)12-26(24,25)11-17)15-7-16(20-13-19-15)22-6-4-3-5-14(22)8-23/h7,13-14,23H,3-6,8-12H2,1-2H3/t14?,17-,18+. The number of rotatable bonds is 3. The summed E-state index contributed by atoms with van der Waals surface area (Å²) in [6.45, 7) is 6.61. The Bertz CT molecular complexity index is 775. The minimum absolute atomic E-state index is 0.115. The molecule has 0 spiro atoms. The van der Waals surface area contributed by atoms with Gasteiger partial charge in [0.2, 0.25) is 0 Å². The summed E-state index contributed by atoms with van der Waals surface area (Å²) in [4.78, 5) is 13.3. The normalized spacial score (nSPS) is 36.3. The summed E-state index contributed by atoms with van der Waals surface area (Å²) >= 11 is 0. The summed E-state index contributed by atoms with van der Waals surface area (Å²) in [5.74, 6) is 2.22. The molecule has 0 bridgehead atoms. The van der Waals surface area contributed by atoms with Gasteiger partial charge in [-0.05, 0) is 19.3 Å². The molecule has 0 amide bonds. The van der Waals surface area contributed by atoms with E-state index < -0.39 is 9.84 Å². The quantitative estimate of drug-likeness (QED) is 0.840. The molecular formula is C18H28N4O3S. The third-order valence-electron chi connectivity index (χ3n) is 6.71. The molecule has 3 fully saturated rings. The maximum atomic E-state index is 12.2. The Labute approximate surface area is 155 Å². The van der Waals surface area contributed by atoms with Crippen molar-refractivity contribution < 1.29 is 13.5 Å². The second kappa shape index (κ2) is 6.05. The largest absolute Gasteiger partial charge is 0.394 e. The first-order valence-electron chi connectivity index (χ1n) is 9.40. The predicted molar refractivity (Wildman–Crippen MR) is 101 cm³/mol. The average molecular weight is 381 g/mol. The van der Waals surface area contributed by atoms with E-state index in [-0.39, 0.29) is 35.0 Å². The monoisotopic (exact) mass is 380 g/mol. The lowest BCUT2D eigenvalue weighted by Gasteiger charge is -2.35. The van der Waals surface area contributed by atoms with Crippen LogP contribution in [0.4, 0.5) is 11.6 Å². The van der Waals surface area contributed by atoms with Crippen molar-refractivity contribution in [3.05, 3.63) is 12.4 Å². The molecular weight excluding hydrogens is 352 g/mol. The summed E-state index contributed by atoms with van der Waals surface area (Å²) < 4.78 is 24.3. The summed E-state index contributed by atoms with van der Waals surface area (Å²) in [5.41, 5.74) is -0.481. The third kappa shape index (κ3) is 2.87.